The summed E-state index contributed by atoms with van der Waals surface area (Å²) in [6, 6.07) is -0.978. The summed E-state index contributed by atoms with van der Waals surface area (Å²) in [6.45, 7) is 4.07. The van der Waals surface area contributed by atoms with Crippen LogP contribution in [0.5, 0.6) is 0 Å². The van der Waals surface area contributed by atoms with Gasteiger partial charge in [0.25, 0.3) is 0 Å². The third kappa shape index (κ3) is 33.2. The van der Waals surface area contributed by atoms with Crippen molar-refractivity contribution in [1.82, 2.24) is 5.32 Å². The number of rotatable bonds is 41. The summed E-state index contributed by atoms with van der Waals surface area (Å²) < 4.78 is 0. The zero-order valence-electron chi connectivity index (χ0n) is 33.7. The van der Waals surface area contributed by atoms with Crippen LogP contribution in [0.4, 0.5) is 0 Å². The lowest BCUT2D eigenvalue weighted by Gasteiger charge is -2.27. The second-order valence-electron chi connectivity index (χ2n) is 15.8. The first-order valence-electron chi connectivity index (χ1n) is 22.4. The van der Waals surface area contributed by atoms with Crippen LogP contribution in [-0.2, 0) is 4.79 Å². The van der Waals surface area contributed by atoms with E-state index in [4.69, 9.17) is 0 Å². The van der Waals surface area contributed by atoms with Crippen molar-refractivity contribution in [3.63, 3.8) is 0 Å². The van der Waals surface area contributed by atoms with Gasteiger partial charge in [-0.3, -0.25) is 4.79 Å². The Bertz CT molecular complexity index is 677. The van der Waals surface area contributed by atoms with E-state index in [1.807, 2.05) is 0 Å². The molecule has 50 heavy (non-hydrogen) atoms. The van der Waals surface area contributed by atoms with E-state index in [1.54, 1.807) is 0 Å². The number of nitrogens with one attached hydrogen (secondary N) is 1. The third-order valence-electron chi connectivity index (χ3n) is 10.8. The lowest BCUT2D eigenvalue weighted by molar-refractivity contribution is -0.132. The maximum absolute atomic E-state index is 12.5. The zero-order valence-corrected chi connectivity index (χ0v) is 33.7. The standard InChI is InChI=1S/C44H89NO5/c1-3-5-7-9-11-13-15-17-19-21-23-25-27-29-31-33-35-37-41(47)43(49)40(39-46)45-44(50)42(48)38-36-34-32-30-28-26-24-22-20-18-16-14-12-10-8-6-4-2/h40-43,46-49H,3-39H2,1-2H3,(H,45,50). The molecular formula is C44H89NO5. The smallest absolute Gasteiger partial charge is 0.249 e. The molecule has 0 bridgehead atoms. The molecule has 4 unspecified atom stereocenters. The molecule has 0 aliphatic heterocycles. The Morgan fingerprint density at radius 3 is 0.960 bits per heavy atom. The second-order valence-corrected chi connectivity index (χ2v) is 15.8. The SMILES string of the molecule is CCCCCCCCCCCCCCCCCCCC(O)C(=O)NC(CO)C(O)C(O)CCCCCCCCCCCCCCCCCCC. The molecule has 0 aromatic carbocycles. The highest BCUT2D eigenvalue weighted by molar-refractivity contribution is 5.80. The molecule has 4 atom stereocenters. The normalized spacial score (nSPS) is 14.1. The minimum atomic E-state index is -1.25. The Morgan fingerprint density at radius 1 is 0.420 bits per heavy atom. The summed E-state index contributed by atoms with van der Waals surface area (Å²) in [4.78, 5) is 12.5. The van der Waals surface area contributed by atoms with Gasteiger partial charge in [-0.05, 0) is 12.8 Å². The van der Waals surface area contributed by atoms with Crippen molar-refractivity contribution in [2.24, 2.45) is 0 Å². The van der Waals surface area contributed by atoms with Gasteiger partial charge in [0, 0.05) is 0 Å². The second kappa shape index (κ2) is 39.5. The minimum absolute atomic E-state index is 0.375. The molecule has 0 aliphatic carbocycles. The van der Waals surface area contributed by atoms with Crippen LogP contribution < -0.4 is 5.32 Å². The van der Waals surface area contributed by atoms with E-state index in [0.29, 0.717) is 12.8 Å². The Balaban J connectivity index is 3.70. The van der Waals surface area contributed by atoms with Crippen LogP contribution in [0.25, 0.3) is 0 Å². The van der Waals surface area contributed by atoms with E-state index in [-0.39, 0.29) is 0 Å². The van der Waals surface area contributed by atoms with Crippen molar-refractivity contribution in [3.8, 4) is 0 Å². The van der Waals surface area contributed by atoms with Gasteiger partial charge < -0.3 is 25.7 Å². The molecule has 6 nitrogen and oxygen atoms in total. The lowest BCUT2D eigenvalue weighted by atomic mass is 9.99. The molecule has 0 saturated heterocycles. The lowest BCUT2D eigenvalue weighted by Crippen LogP contribution is -2.53. The van der Waals surface area contributed by atoms with E-state index in [1.165, 1.54) is 180 Å². The van der Waals surface area contributed by atoms with Crippen molar-refractivity contribution in [2.45, 2.75) is 269 Å². The van der Waals surface area contributed by atoms with Gasteiger partial charge in [-0.15, -0.1) is 0 Å². The Labute approximate surface area is 311 Å². The quantitative estimate of drug-likeness (QED) is 0.0406. The van der Waals surface area contributed by atoms with Crippen LogP contribution in [-0.4, -0.2) is 57.3 Å². The van der Waals surface area contributed by atoms with Crippen molar-refractivity contribution < 1.29 is 25.2 Å². The molecule has 6 heteroatoms. The summed E-state index contributed by atoms with van der Waals surface area (Å²) in [5.74, 6) is -0.579. The van der Waals surface area contributed by atoms with Crippen molar-refractivity contribution >= 4 is 5.91 Å². The molecule has 0 aromatic heterocycles. The average Bonchev–Trinajstić information content (AvgIpc) is 3.12. The van der Waals surface area contributed by atoms with Crippen LogP contribution >= 0.6 is 0 Å². The van der Waals surface area contributed by atoms with Gasteiger partial charge in [-0.1, -0.05) is 232 Å². The van der Waals surface area contributed by atoms with Crippen molar-refractivity contribution in [1.29, 1.82) is 0 Å². The number of amides is 1. The largest absolute Gasteiger partial charge is 0.394 e. The topological polar surface area (TPSA) is 110 Å². The van der Waals surface area contributed by atoms with E-state index >= 15 is 0 Å². The molecule has 0 aliphatic rings. The summed E-state index contributed by atoms with van der Waals surface area (Å²) in [7, 11) is 0. The fraction of sp³-hybridized carbons (Fsp3) is 0.977. The highest BCUT2D eigenvalue weighted by Crippen LogP contribution is 2.17. The minimum Gasteiger partial charge on any atom is -0.394 e. The zero-order chi connectivity index (χ0) is 36.8. The van der Waals surface area contributed by atoms with Gasteiger partial charge in [0.15, 0.2) is 0 Å². The van der Waals surface area contributed by atoms with Gasteiger partial charge in [0.2, 0.25) is 5.91 Å². The van der Waals surface area contributed by atoms with Crippen molar-refractivity contribution in [3.05, 3.63) is 0 Å². The molecule has 0 saturated carbocycles. The van der Waals surface area contributed by atoms with E-state index in [9.17, 15) is 25.2 Å². The van der Waals surface area contributed by atoms with Crippen molar-refractivity contribution in [2.75, 3.05) is 6.61 Å². The third-order valence-corrected chi connectivity index (χ3v) is 10.8. The average molecular weight is 712 g/mol. The van der Waals surface area contributed by atoms with Gasteiger partial charge in [0.1, 0.15) is 12.2 Å². The first-order valence-corrected chi connectivity index (χ1v) is 22.4. The first-order chi connectivity index (χ1) is 24.5. The summed E-state index contributed by atoms with van der Waals surface area (Å²) in [6.07, 6.45) is 41.3. The fourth-order valence-corrected chi connectivity index (χ4v) is 7.23. The predicted octanol–water partition coefficient (Wildman–Crippen LogP) is 11.6. The molecular weight excluding hydrogens is 622 g/mol. The van der Waals surface area contributed by atoms with Crippen LogP contribution in [0.3, 0.4) is 0 Å². The van der Waals surface area contributed by atoms with Crippen LogP contribution in [0, 0.1) is 0 Å². The first kappa shape index (κ1) is 49.3. The van der Waals surface area contributed by atoms with Crippen LogP contribution in [0.15, 0.2) is 0 Å². The molecule has 0 aromatic rings. The molecule has 5 N–H and O–H groups in total. The van der Waals surface area contributed by atoms with E-state index in [0.717, 1.165) is 38.5 Å². The van der Waals surface area contributed by atoms with Gasteiger partial charge in [-0.25, -0.2) is 0 Å². The van der Waals surface area contributed by atoms with E-state index in [2.05, 4.69) is 19.2 Å². The number of aliphatic hydroxyl groups excluding tert-OH is 4. The van der Waals surface area contributed by atoms with Crippen LogP contribution in [0.1, 0.15) is 245 Å². The van der Waals surface area contributed by atoms with Gasteiger partial charge in [-0.2, -0.15) is 0 Å². The molecule has 1 amide bonds. The molecule has 0 spiro atoms. The Morgan fingerprint density at radius 2 is 0.680 bits per heavy atom. The number of aliphatic hydroxyl groups is 4. The summed E-state index contributed by atoms with van der Waals surface area (Å²) in [5.41, 5.74) is 0. The molecule has 0 radical (unpaired) electrons. The van der Waals surface area contributed by atoms with Crippen LogP contribution in [0.2, 0.25) is 0 Å². The summed E-state index contributed by atoms with van der Waals surface area (Å²) in [5, 5.41) is 43.7. The number of hydrogen-bond donors (Lipinski definition) is 5. The predicted molar refractivity (Wildman–Crippen MR) is 215 cm³/mol. The molecule has 0 heterocycles. The highest BCUT2D eigenvalue weighted by atomic mass is 16.3. The van der Waals surface area contributed by atoms with Gasteiger partial charge >= 0.3 is 0 Å². The Hall–Kier alpha value is -0.690. The monoisotopic (exact) mass is 712 g/mol. The van der Waals surface area contributed by atoms with Gasteiger partial charge in [0.05, 0.1) is 18.8 Å². The molecule has 300 valence electrons. The maximum Gasteiger partial charge on any atom is 0.249 e. The van der Waals surface area contributed by atoms with E-state index < -0.39 is 36.9 Å². The Kier molecular flexibility index (Phi) is 39.0. The number of carbonyl (C=O) groups excluding carboxylic acids is 1. The molecule has 0 fully saturated rings. The summed E-state index contributed by atoms with van der Waals surface area (Å²) >= 11 is 0. The number of hydrogen-bond acceptors (Lipinski definition) is 5. The molecule has 0 rings (SSSR count). The number of carbonyl (C=O) groups is 1. The maximum atomic E-state index is 12.5. The highest BCUT2D eigenvalue weighted by Gasteiger charge is 2.28. The number of unbranched alkanes of at least 4 members (excludes halogenated alkanes) is 32. The fourth-order valence-electron chi connectivity index (χ4n) is 7.23.